The maximum Gasteiger partial charge on any atom is 0.241 e. The normalized spacial score (nSPS) is 10.5. The number of nitrogens with one attached hydrogen (secondary N) is 2. The van der Waals surface area contributed by atoms with E-state index in [0.717, 1.165) is 0 Å². The number of carbonyl (C=O) groups excluding carboxylic acids is 1. The van der Waals surface area contributed by atoms with Crippen LogP contribution in [0.5, 0.6) is 0 Å². The van der Waals surface area contributed by atoms with Crippen LogP contribution in [0.2, 0.25) is 0 Å². The number of carbonyl (C=O) groups is 1. The SMILES string of the molecule is CN(C)C(=O)CNc1nc(N)nc2[nH]ncc12. The number of hydrogen-bond donors (Lipinski definition) is 3. The van der Waals surface area contributed by atoms with Crippen molar-refractivity contribution in [3.05, 3.63) is 6.20 Å². The Kier molecular flexibility index (Phi) is 2.77. The molecule has 2 rings (SSSR count). The van der Waals surface area contributed by atoms with Crippen molar-refractivity contribution in [1.29, 1.82) is 0 Å². The molecule has 17 heavy (non-hydrogen) atoms. The molecule has 0 aliphatic rings. The van der Waals surface area contributed by atoms with E-state index in [2.05, 4.69) is 25.5 Å². The van der Waals surface area contributed by atoms with Crippen molar-refractivity contribution in [1.82, 2.24) is 25.1 Å². The van der Waals surface area contributed by atoms with Gasteiger partial charge < -0.3 is 16.0 Å². The van der Waals surface area contributed by atoms with Crippen molar-refractivity contribution < 1.29 is 4.79 Å². The lowest BCUT2D eigenvalue weighted by Crippen LogP contribution is -2.28. The summed E-state index contributed by atoms with van der Waals surface area (Å²) >= 11 is 0. The Morgan fingerprint density at radius 3 is 3.00 bits per heavy atom. The highest BCUT2D eigenvalue weighted by Crippen LogP contribution is 2.18. The maximum absolute atomic E-state index is 11.4. The fraction of sp³-hybridized carbons (Fsp3) is 0.333. The summed E-state index contributed by atoms with van der Waals surface area (Å²) in [6.07, 6.45) is 1.58. The van der Waals surface area contributed by atoms with E-state index in [-0.39, 0.29) is 18.4 Å². The predicted octanol–water partition coefficient (Wildman–Crippen LogP) is -0.565. The van der Waals surface area contributed by atoms with Crippen molar-refractivity contribution in [3.63, 3.8) is 0 Å². The van der Waals surface area contributed by atoms with E-state index in [1.165, 1.54) is 4.90 Å². The Labute approximate surface area is 97.2 Å². The van der Waals surface area contributed by atoms with Crippen LogP contribution in [-0.4, -0.2) is 51.6 Å². The van der Waals surface area contributed by atoms with Gasteiger partial charge in [0, 0.05) is 14.1 Å². The molecular weight excluding hydrogens is 222 g/mol. The number of nitrogens with two attached hydrogens (primary N) is 1. The molecule has 0 aliphatic carbocycles. The minimum atomic E-state index is -0.0566. The number of aromatic nitrogens is 4. The number of aromatic amines is 1. The van der Waals surface area contributed by atoms with E-state index in [9.17, 15) is 4.79 Å². The largest absolute Gasteiger partial charge is 0.368 e. The molecule has 0 spiro atoms. The summed E-state index contributed by atoms with van der Waals surface area (Å²) in [5.74, 6) is 0.567. The molecule has 90 valence electrons. The highest BCUT2D eigenvalue weighted by molar-refractivity contribution is 5.89. The number of nitrogens with zero attached hydrogens (tertiary/aromatic N) is 4. The Balaban J connectivity index is 2.23. The molecule has 0 atom stereocenters. The Morgan fingerprint density at radius 2 is 2.29 bits per heavy atom. The standard InChI is InChI=1S/C9H13N7O/c1-16(2)6(17)4-11-7-5-3-12-15-8(5)14-9(10)13-7/h3H,4H2,1-2H3,(H4,10,11,12,13,14,15). The van der Waals surface area contributed by atoms with Gasteiger partial charge in [-0.05, 0) is 0 Å². The van der Waals surface area contributed by atoms with Gasteiger partial charge in [-0.25, -0.2) is 0 Å². The van der Waals surface area contributed by atoms with Gasteiger partial charge in [0.15, 0.2) is 5.65 Å². The van der Waals surface area contributed by atoms with E-state index < -0.39 is 0 Å². The zero-order chi connectivity index (χ0) is 12.4. The van der Waals surface area contributed by atoms with Crippen molar-refractivity contribution in [2.24, 2.45) is 0 Å². The summed E-state index contributed by atoms with van der Waals surface area (Å²) in [6, 6.07) is 0. The van der Waals surface area contributed by atoms with Gasteiger partial charge >= 0.3 is 0 Å². The average Bonchev–Trinajstić information content (AvgIpc) is 2.72. The molecule has 2 aromatic rings. The Bertz CT molecular complexity index is 547. The summed E-state index contributed by atoms with van der Waals surface area (Å²) in [6.45, 7) is 0.143. The van der Waals surface area contributed by atoms with E-state index in [0.29, 0.717) is 16.9 Å². The highest BCUT2D eigenvalue weighted by Gasteiger charge is 2.09. The minimum absolute atomic E-state index is 0.0566. The van der Waals surface area contributed by atoms with Gasteiger partial charge in [-0.15, -0.1) is 0 Å². The molecule has 0 fully saturated rings. The molecule has 0 aliphatic heterocycles. The fourth-order valence-corrected chi connectivity index (χ4v) is 1.30. The summed E-state index contributed by atoms with van der Waals surface area (Å²) < 4.78 is 0. The third-order valence-electron chi connectivity index (χ3n) is 2.23. The second kappa shape index (κ2) is 4.24. The molecular formula is C9H13N7O. The molecule has 0 bridgehead atoms. The molecule has 0 aromatic carbocycles. The molecule has 2 heterocycles. The van der Waals surface area contributed by atoms with Crippen molar-refractivity contribution in [2.75, 3.05) is 31.7 Å². The first-order chi connectivity index (χ1) is 8.08. The number of likely N-dealkylation sites (N-methyl/N-ethyl adjacent to an activating group) is 1. The number of anilines is 2. The van der Waals surface area contributed by atoms with E-state index in [1.54, 1.807) is 20.3 Å². The van der Waals surface area contributed by atoms with Crippen LogP contribution in [0.15, 0.2) is 6.20 Å². The third-order valence-corrected chi connectivity index (χ3v) is 2.23. The van der Waals surface area contributed by atoms with Crippen LogP contribution in [0, 0.1) is 0 Å². The molecule has 0 saturated heterocycles. The monoisotopic (exact) mass is 235 g/mol. The van der Waals surface area contributed by atoms with Crippen LogP contribution in [-0.2, 0) is 4.79 Å². The summed E-state index contributed by atoms with van der Waals surface area (Å²) in [5, 5.41) is 10.2. The Hall–Kier alpha value is -2.38. The number of rotatable bonds is 3. The first-order valence-electron chi connectivity index (χ1n) is 4.98. The van der Waals surface area contributed by atoms with E-state index in [1.807, 2.05) is 0 Å². The predicted molar refractivity (Wildman–Crippen MR) is 63.3 cm³/mol. The summed E-state index contributed by atoms with van der Waals surface area (Å²) in [4.78, 5) is 20.9. The number of nitrogen functional groups attached to an aromatic ring is 1. The van der Waals surface area contributed by atoms with Crippen molar-refractivity contribution >= 4 is 28.7 Å². The van der Waals surface area contributed by atoms with Crippen molar-refractivity contribution in [2.45, 2.75) is 0 Å². The number of fused-ring (bicyclic) bond motifs is 1. The second-order valence-electron chi connectivity index (χ2n) is 3.70. The summed E-state index contributed by atoms with van der Waals surface area (Å²) in [7, 11) is 3.37. The molecule has 8 heteroatoms. The van der Waals surface area contributed by atoms with Crippen LogP contribution >= 0.6 is 0 Å². The zero-order valence-electron chi connectivity index (χ0n) is 9.56. The topological polar surface area (TPSA) is 113 Å². The lowest BCUT2D eigenvalue weighted by molar-refractivity contribution is -0.126. The van der Waals surface area contributed by atoms with Crippen LogP contribution in [0.4, 0.5) is 11.8 Å². The minimum Gasteiger partial charge on any atom is -0.368 e. The van der Waals surface area contributed by atoms with Gasteiger partial charge in [0.1, 0.15) is 5.82 Å². The summed E-state index contributed by atoms with van der Waals surface area (Å²) in [5.41, 5.74) is 6.08. The maximum atomic E-state index is 11.4. The quantitative estimate of drug-likeness (QED) is 0.657. The molecule has 8 nitrogen and oxygen atoms in total. The lowest BCUT2D eigenvalue weighted by Gasteiger charge is -2.11. The highest BCUT2D eigenvalue weighted by atomic mass is 16.2. The number of hydrogen-bond acceptors (Lipinski definition) is 6. The first kappa shape index (κ1) is 11.1. The van der Waals surface area contributed by atoms with Gasteiger partial charge in [-0.3, -0.25) is 9.89 Å². The van der Waals surface area contributed by atoms with E-state index >= 15 is 0 Å². The smallest absolute Gasteiger partial charge is 0.241 e. The molecule has 0 saturated carbocycles. The lowest BCUT2D eigenvalue weighted by atomic mass is 10.4. The van der Waals surface area contributed by atoms with Crippen LogP contribution in [0.3, 0.4) is 0 Å². The zero-order valence-corrected chi connectivity index (χ0v) is 9.56. The van der Waals surface area contributed by atoms with Gasteiger partial charge in [-0.1, -0.05) is 0 Å². The van der Waals surface area contributed by atoms with E-state index in [4.69, 9.17) is 5.73 Å². The molecule has 4 N–H and O–H groups in total. The molecule has 2 aromatic heterocycles. The second-order valence-corrected chi connectivity index (χ2v) is 3.70. The molecule has 0 unspecified atom stereocenters. The Morgan fingerprint density at radius 1 is 1.53 bits per heavy atom. The first-order valence-corrected chi connectivity index (χ1v) is 4.98. The van der Waals surface area contributed by atoms with Crippen LogP contribution in [0.1, 0.15) is 0 Å². The fourth-order valence-electron chi connectivity index (χ4n) is 1.30. The molecule has 0 radical (unpaired) electrons. The number of H-pyrrole nitrogens is 1. The van der Waals surface area contributed by atoms with Gasteiger partial charge in [0.25, 0.3) is 0 Å². The third kappa shape index (κ3) is 2.25. The van der Waals surface area contributed by atoms with Crippen LogP contribution < -0.4 is 11.1 Å². The van der Waals surface area contributed by atoms with Crippen LogP contribution in [0.25, 0.3) is 11.0 Å². The van der Waals surface area contributed by atoms with Crippen molar-refractivity contribution in [3.8, 4) is 0 Å². The van der Waals surface area contributed by atoms with Gasteiger partial charge in [0.05, 0.1) is 18.1 Å². The molecule has 1 amide bonds. The average molecular weight is 235 g/mol. The van der Waals surface area contributed by atoms with Gasteiger partial charge in [-0.2, -0.15) is 15.1 Å². The van der Waals surface area contributed by atoms with Gasteiger partial charge in [0.2, 0.25) is 11.9 Å². The number of amides is 1.